The van der Waals surface area contributed by atoms with E-state index in [1.165, 1.54) is 65.0 Å². The summed E-state index contributed by atoms with van der Waals surface area (Å²) in [4.78, 5) is 11.0. The average molecular weight is 635 g/mol. The lowest BCUT2D eigenvalue weighted by Gasteiger charge is -2.13. The highest BCUT2D eigenvalue weighted by molar-refractivity contribution is 6.38. The Bertz CT molecular complexity index is 3370. The summed E-state index contributed by atoms with van der Waals surface area (Å²) in [5, 5.41) is 13.3. The molecular weight excluding hydrogens is 609 g/mol. The predicted molar refractivity (Wildman–Crippen MR) is 209 cm³/mol. The summed E-state index contributed by atoms with van der Waals surface area (Å²) in [6, 6.07) is 56.7. The van der Waals surface area contributed by atoms with Gasteiger partial charge in [0.15, 0.2) is 0 Å². The maximum atomic E-state index is 5.53. The molecule has 12 rings (SSSR count). The fraction of sp³-hybridized carbons (Fsp3) is 0. The minimum atomic E-state index is 0.670. The quantitative estimate of drug-likeness (QED) is 0.177. The van der Waals surface area contributed by atoms with Crippen molar-refractivity contribution in [2.24, 2.45) is 0 Å². The van der Waals surface area contributed by atoms with Gasteiger partial charge in [0.25, 0.3) is 0 Å². The maximum absolute atomic E-state index is 5.53. The van der Waals surface area contributed by atoms with Crippen LogP contribution in [0.15, 0.2) is 158 Å². The van der Waals surface area contributed by atoms with E-state index in [2.05, 4.69) is 167 Å². The third kappa shape index (κ3) is 3.25. The normalized spacial score (nSPS) is 12.4. The van der Waals surface area contributed by atoms with Gasteiger partial charge < -0.3 is 4.40 Å². The highest BCUT2D eigenvalue weighted by Crippen LogP contribution is 2.48. The minimum Gasteiger partial charge on any atom is -0.308 e. The molecule has 0 N–H and O–H groups in total. The molecule has 0 amide bonds. The molecule has 0 aliphatic carbocycles. The van der Waals surface area contributed by atoms with Crippen molar-refractivity contribution in [3.8, 4) is 17.2 Å². The molecule has 50 heavy (non-hydrogen) atoms. The molecule has 4 heterocycles. The second kappa shape index (κ2) is 9.43. The van der Waals surface area contributed by atoms with Crippen molar-refractivity contribution in [2.75, 3.05) is 0 Å². The van der Waals surface area contributed by atoms with Gasteiger partial charge in [-0.2, -0.15) is 0 Å². The van der Waals surface area contributed by atoms with Crippen LogP contribution in [-0.2, 0) is 0 Å². The molecule has 0 spiro atoms. The zero-order valence-electron chi connectivity index (χ0n) is 26.8. The molecule has 4 nitrogen and oxygen atoms in total. The second-order valence-electron chi connectivity index (χ2n) is 13.3. The van der Waals surface area contributed by atoms with Gasteiger partial charge in [-0.15, -0.1) is 0 Å². The van der Waals surface area contributed by atoms with Gasteiger partial charge in [0.05, 0.1) is 38.8 Å². The molecule has 0 aliphatic heterocycles. The summed E-state index contributed by atoms with van der Waals surface area (Å²) in [6.45, 7) is 0. The minimum absolute atomic E-state index is 0.670. The van der Waals surface area contributed by atoms with Gasteiger partial charge in [-0.3, -0.25) is 4.57 Å². The molecule has 0 bridgehead atoms. The highest BCUT2D eigenvalue weighted by Gasteiger charge is 2.26. The molecule has 0 radical (unpaired) electrons. The van der Waals surface area contributed by atoms with E-state index in [4.69, 9.17) is 9.97 Å². The molecule has 0 atom stereocenters. The Labute approximate surface area is 285 Å². The van der Waals surface area contributed by atoms with E-state index in [0.717, 1.165) is 38.6 Å². The summed E-state index contributed by atoms with van der Waals surface area (Å²) >= 11 is 0. The molecule has 4 aromatic heterocycles. The van der Waals surface area contributed by atoms with Gasteiger partial charge in [0.2, 0.25) is 5.95 Å². The number of aromatic nitrogens is 4. The summed E-state index contributed by atoms with van der Waals surface area (Å²) in [5.41, 5.74) is 8.86. The zero-order valence-corrected chi connectivity index (χ0v) is 26.8. The summed E-state index contributed by atoms with van der Waals surface area (Å²) < 4.78 is 4.79. The molecule has 0 fully saturated rings. The van der Waals surface area contributed by atoms with Crippen molar-refractivity contribution >= 4 is 92.3 Å². The molecule has 0 saturated carbocycles. The smallest absolute Gasteiger partial charge is 0.235 e. The Balaban J connectivity index is 1.34. The Morgan fingerprint density at radius 2 is 1.00 bits per heavy atom. The van der Waals surface area contributed by atoms with Gasteiger partial charge >= 0.3 is 0 Å². The third-order valence-corrected chi connectivity index (χ3v) is 10.8. The van der Waals surface area contributed by atoms with Crippen molar-refractivity contribution < 1.29 is 0 Å². The van der Waals surface area contributed by atoms with E-state index in [9.17, 15) is 0 Å². The Morgan fingerprint density at radius 3 is 1.78 bits per heavy atom. The van der Waals surface area contributed by atoms with E-state index in [-0.39, 0.29) is 0 Å². The SMILES string of the molecule is c1ccc(-c2nc(-n3c4ccc5ccccc5c4c4c5c6ccccc6n6c7ccccc7c(cc43)c56)nc3ccc4ccccc4c23)cc1. The molecule has 0 saturated heterocycles. The monoisotopic (exact) mass is 634 g/mol. The van der Waals surface area contributed by atoms with Crippen LogP contribution in [0.3, 0.4) is 0 Å². The van der Waals surface area contributed by atoms with E-state index in [1.807, 2.05) is 0 Å². The standard InChI is InChI=1S/C46H26N4/c1-2-14-29(15-3-1)44-40-30-16-6-4-12-27(30)22-24-35(40)47-46(48-44)50-38-25-23-28-13-5-7-17-31(28)41(38)43-39(50)26-34-32-18-8-10-20-36(32)49-37-21-11-9-19-33(37)42(43)45(34)49/h1-26H. The van der Waals surface area contributed by atoms with Crippen LogP contribution in [-0.4, -0.2) is 18.9 Å². The van der Waals surface area contributed by atoms with Crippen molar-refractivity contribution in [1.82, 2.24) is 18.9 Å². The van der Waals surface area contributed by atoms with E-state index >= 15 is 0 Å². The number of benzene rings is 8. The number of fused-ring (bicyclic) bond motifs is 15. The number of nitrogens with zero attached hydrogens (tertiary/aromatic N) is 4. The average Bonchev–Trinajstić information content (AvgIpc) is 3.82. The summed E-state index contributed by atoms with van der Waals surface area (Å²) in [7, 11) is 0. The van der Waals surface area contributed by atoms with Gasteiger partial charge in [0.1, 0.15) is 0 Å². The Morgan fingerprint density at radius 1 is 0.380 bits per heavy atom. The first-order valence-corrected chi connectivity index (χ1v) is 17.1. The highest BCUT2D eigenvalue weighted by atomic mass is 15.2. The van der Waals surface area contributed by atoms with Crippen LogP contribution in [0.1, 0.15) is 0 Å². The molecule has 0 aliphatic rings. The fourth-order valence-corrected chi connectivity index (χ4v) is 8.78. The van der Waals surface area contributed by atoms with Crippen LogP contribution >= 0.6 is 0 Å². The predicted octanol–water partition coefficient (Wildman–Crippen LogP) is 11.9. The number of para-hydroxylation sites is 2. The van der Waals surface area contributed by atoms with E-state index in [0.29, 0.717) is 5.95 Å². The number of hydrogen-bond acceptors (Lipinski definition) is 2. The van der Waals surface area contributed by atoms with Crippen LogP contribution in [0.4, 0.5) is 0 Å². The van der Waals surface area contributed by atoms with E-state index < -0.39 is 0 Å². The Kier molecular flexibility index (Phi) is 4.94. The first-order valence-electron chi connectivity index (χ1n) is 17.1. The molecule has 8 aromatic carbocycles. The number of hydrogen-bond donors (Lipinski definition) is 0. The topological polar surface area (TPSA) is 35.1 Å². The molecular formula is C46H26N4. The van der Waals surface area contributed by atoms with Gasteiger partial charge in [-0.1, -0.05) is 127 Å². The van der Waals surface area contributed by atoms with Crippen molar-refractivity contribution in [1.29, 1.82) is 0 Å². The lowest BCUT2D eigenvalue weighted by Crippen LogP contribution is -2.03. The van der Waals surface area contributed by atoms with Crippen LogP contribution in [0.25, 0.3) is 110 Å². The summed E-state index contributed by atoms with van der Waals surface area (Å²) in [6.07, 6.45) is 0. The van der Waals surface area contributed by atoms with Crippen molar-refractivity contribution in [3.63, 3.8) is 0 Å². The molecule has 12 aromatic rings. The fourth-order valence-electron chi connectivity index (χ4n) is 8.78. The lowest BCUT2D eigenvalue weighted by atomic mass is 9.99. The zero-order chi connectivity index (χ0) is 32.5. The lowest BCUT2D eigenvalue weighted by molar-refractivity contribution is 1.02. The first-order chi connectivity index (χ1) is 24.8. The third-order valence-electron chi connectivity index (χ3n) is 10.8. The molecule has 4 heteroatoms. The van der Waals surface area contributed by atoms with Gasteiger partial charge in [0, 0.05) is 43.3 Å². The van der Waals surface area contributed by atoms with Crippen molar-refractivity contribution in [2.45, 2.75) is 0 Å². The number of rotatable bonds is 2. The molecule has 230 valence electrons. The van der Waals surface area contributed by atoms with Crippen LogP contribution < -0.4 is 0 Å². The van der Waals surface area contributed by atoms with Crippen molar-refractivity contribution in [3.05, 3.63) is 158 Å². The van der Waals surface area contributed by atoms with Gasteiger partial charge in [-0.25, -0.2) is 9.97 Å². The van der Waals surface area contributed by atoms with E-state index in [1.54, 1.807) is 0 Å². The van der Waals surface area contributed by atoms with Crippen LogP contribution in [0, 0.1) is 0 Å². The Hall–Kier alpha value is -6.78. The second-order valence-corrected chi connectivity index (χ2v) is 13.3. The van der Waals surface area contributed by atoms with Crippen LogP contribution in [0.2, 0.25) is 0 Å². The molecule has 0 unspecified atom stereocenters. The summed E-state index contributed by atoms with van der Waals surface area (Å²) in [5.74, 6) is 0.670. The van der Waals surface area contributed by atoms with Crippen LogP contribution in [0.5, 0.6) is 0 Å². The van der Waals surface area contributed by atoms with Gasteiger partial charge in [-0.05, 0) is 51.9 Å². The maximum Gasteiger partial charge on any atom is 0.235 e. The largest absolute Gasteiger partial charge is 0.308 e. The first kappa shape index (κ1) is 26.2.